The molecule has 30 heavy (non-hydrogen) atoms. The molecule has 0 bridgehead atoms. The molecule has 0 saturated carbocycles. The molecular weight excluding hydrogens is 398 g/mol. The summed E-state index contributed by atoms with van der Waals surface area (Å²) >= 11 is 1.48. The molecule has 0 aliphatic carbocycles. The second kappa shape index (κ2) is 9.69. The molecule has 3 N–H and O–H groups in total. The molecule has 2 heterocycles. The fourth-order valence-corrected chi connectivity index (χ4v) is 4.35. The van der Waals surface area contributed by atoms with Gasteiger partial charge in [-0.15, -0.1) is 0 Å². The quantitative estimate of drug-likeness (QED) is 0.530. The van der Waals surface area contributed by atoms with Crippen molar-refractivity contribution in [1.82, 2.24) is 20.7 Å². The Kier molecular flexibility index (Phi) is 6.56. The lowest BCUT2D eigenvalue weighted by Crippen LogP contribution is -2.44. The predicted molar refractivity (Wildman–Crippen MR) is 119 cm³/mol. The Morgan fingerprint density at radius 1 is 0.967 bits per heavy atom. The lowest BCUT2D eigenvalue weighted by atomic mass is 10.1. The number of thiazole rings is 1. The van der Waals surface area contributed by atoms with Gasteiger partial charge < -0.3 is 5.32 Å². The van der Waals surface area contributed by atoms with Gasteiger partial charge in [0.15, 0.2) is 5.13 Å². The number of para-hydroxylation sites is 1. The first-order chi connectivity index (χ1) is 14.7. The minimum atomic E-state index is -0.343. The van der Waals surface area contributed by atoms with Crippen LogP contribution in [-0.4, -0.2) is 41.3 Å². The Hall–Kier alpha value is -2.97. The lowest BCUT2D eigenvalue weighted by molar-refractivity contribution is -0.120. The highest BCUT2D eigenvalue weighted by atomic mass is 32.1. The van der Waals surface area contributed by atoms with E-state index in [1.54, 1.807) is 12.1 Å². The number of nitrogens with zero attached hydrogens (tertiary/aromatic N) is 2. The molecule has 4 rings (SSSR count). The highest BCUT2D eigenvalue weighted by Gasteiger charge is 2.12. The van der Waals surface area contributed by atoms with E-state index in [2.05, 4.69) is 26.1 Å². The highest BCUT2D eigenvalue weighted by Crippen LogP contribution is 2.24. The molecule has 0 unspecified atom stereocenters. The number of hydrogen-bond donors (Lipinski definition) is 3. The van der Waals surface area contributed by atoms with E-state index in [0.717, 1.165) is 29.9 Å². The molecule has 0 radical (unpaired) electrons. The van der Waals surface area contributed by atoms with Crippen molar-refractivity contribution in [1.29, 1.82) is 0 Å². The zero-order chi connectivity index (χ0) is 20.8. The summed E-state index contributed by atoms with van der Waals surface area (Å²) in [6.07, 6.45) is 3.83. The second-order valence-corrected chi connectivity index (χ2v) is 8.41. The third-order valence-electron chi connectivity index (χ3n) is 5.08. The van der Waals surface area contributed by atoms with Crippen molar-refractivity contribution < 1.29 is 9.59 Å². The minimum absolute atomic E-state index is 0.0227. The van der Waals surface area contributed by atoms with Gasteiger partial charge in [0.05, 0.1) is 16.8 Å². The van der Waals surface area contributed by atoms with Crippen molar-refractivity contribution in [3.05, 3.63) is 59.7 Å². The third-order valence-corrected chi connectivity index (χ3v) is 6.07. The zero-order valence-corrected chi connectivity index (χ0v) is 17.5. The fourth-order valence-electron chi connectivity index (χ4n) is 3.48. The van der Waals surface area contributed by atoms with Crippen LogP contribution in [0, 0.1) is 0 Å². The SMILES string of the molecule is O=C(CNc1nc2ccccc2s1)NNC(=O)c1ccc(CN2CCCCC2)cc1. The molecule has 1 fully saturated rings. The van der Waals surface area contributed by atoms with Gasteiger partial charge in [-0.05, 0) is 55.8 Å². The molecule has 8 heteroatoms. The Bertz CT molecular complexity index is 979. The normalized spacial score (nSPS) is 14.4. The molecule has 2 amide bonds. The number of rotatable bonds is 6. The Morgan fingerprint density at radius 2 is 1.73 bits per heavy atom. The molecule has 1 aliphatic rings. The Labute approximate surface area is 179 Å². The smallest absolute Gasteiger partial charge is 0.269 e. The summed E-state index contributed by atoms with van der Waals surface area (Å²) in [5.41, 5.74) is 7.48. The Morgan fingerprint density at radius 3 is 2.50 bits per heavy atom. The van der Waals surface area contributed by atoms with Gasteiger partial charge in [-0.3, -0.25) is 25.3 Å². The van der Waals surface area contributed by atoms with Crippen LogP contribution in [-0.2, 0) is 11.3 Å². The van der Waals surface area contributed by atoms with Crippen LogP contribution in [0.4, 0.5) is 5.13 Å². The minimum Gasteiger partial charge on any atom is -0.352 e. The van der Waals surface area contributed by atoms with Gasteiger partial charge >= 0.3 is 0 Å². The van der Waals surface area contributed by atoms with Crippen LogP contribution in [0.25, 0.3) is 10.2 Å². The molecule has 1 aromatic heterocycles. The average molecular weight is 424 g/mol. The fraction of sp³-hybridized carbons (Fsp3) is 0.318. The van der Waals surface area contributed by atoms with Gasteiger partial charge in [0.25, 0.3) is 11.8 Å². The number of piperidine rings is 1. The van der Waals surface area contributed by atoms with E-state index < -0.39 is 0 Å². The number of likely N-dealkylation sites (tertiary alicyclic amines) is 1. The molecule has 1 saturated heterocycles. The summed E-state index contributed by atoms with van der Waals surface area (Å²) in [5, 5.41) is 3.65. The first-order valence-corrected chi connectivity index (χ1v) is 11.0. The maximum atomic E-state index is 12.3. The van der Waals surface area contributed by atoms with E-state index in [1.807, 2.05) is 36.4 Å². The molecule has 0 spiro atoms. The van der Waals surface area contributed by atoms with E-state index >= 15 is 0 Å². The number of hydrogen-bond acceptors (Lipinski definition) is 6. The van der Waals surface area contributed by atoms with Crippen molar-refractivity contribution in [2.24, 2.45) is 0 Å². The molecule has 0 atom stereocenters. The van der Waals surface area contributed by atoms with Crippen molar-refractivity contribution in [2.75, 3.05) is 25.0 Å². The van der Waals surface area contributed by atoms with E-state index in [1.165, 1.54) is 36.2 Å². The Balaban J connectivity index is 1.22. The van der Waals surface area contributed by atoms with Crippen LogP contribution in [0.1, 0.15) is 35.2 Å². The van der Waals surface area contributed by atoms with Crippen LogP contribution >= 0.6 is 11.3 Å². The summed E-state index contributed by atoms with van der Waals surface area (Å²) in [4.78, 5) is 31.2. The first-order valence-electron chi connectivity index (χ1n) is 10.2. The van der Waals surface area contributed by atoms with Gasteiger partial charge in [-0.2, -0.15) is 0 Å². The van der Waals surface area contributed by atoms with Crippen LogP contribution < -0.4 is 16.2 Å². The van der Waals surface area contributed by atoms with E-state index in [4.69, 9.17) is 0 Å². The first kappa shape index (κ1) is 20.3. The van der Waals surface area contributed by atoms with Crippen molar-refractivity contribution >= 4 is 38.5 Å². The third kappa shape index (κ3) is 5.34. The number of amides is 2. The standard InChI is InChI=1S/C22H25N5O2S/c28-20(14-23-22-24-18-6-2-3-7-19(18)30-22)25-26-21(29)17-10-8-16(9-11-17)15-27-12-4-1-5-13-27/h2-3,6-11H,1,4-5,12-15H2,(H,23,24)(H,25,28)(H,26,29). The van der Waals surface area contributed by atoms with Crippen LogP contribution in [0.3, 0.4) is 0 Å². The summed E-state index contributed by atoms with van der Waals surface area (Å²) in [5.74, 6) is -0.683. The van der Waals surface area contributed by atoms with Gasteiger partial charge in [-0.1, -0.05) is 42.0 Å². The van der Waals surface area contributed by atoms with Crippen LogP contribution in [0.5, 0.6) is 0 Å². The number of nitrogens with one attached hydrogen (secondary N) is 3. The van der Waals surface area contributed by atoms with Crippen molar-refractivity contribution in [3.63, 3.8) is 0 Å². The molecule has 1 aliphatic heterocycles. The highest BCUT2D eigenvalue weighted by molar-refractivity contribution is 7.22. The van der Waals surface area contributed by atoms with Gasteiger partial charge in [0, 0.05) is 12.1 Å². The lowest BCUT2D eigenvalue weighted by Gasteiger charge is -2.26. The predicted octanol–water partition coefficient (Wildman–Crippen LogP) is 3.16. The van der Waals surface area contributed by atoms with E-state index in [-0.39, 0.29) is 18.4 Å². The largest absolute Gasteiger partial charge is 0.352 e. The summed E-state index contributed by atoms with van der Waals surface area (Å²) in [6.45, 7) is 3.21. The molecule has 7 nitrogen and oxygen atoms in total. The number of carbonyl (C=O) groups excluding carboxylic acids is 2. The maximum absolute atomic E-state index is 12.3. The van der Waals surface area contributed by atoms with Gasteiger partial charge in [0.2, 0.25) is 0 Å². The van der Waals surface area contributed by atoms with Crippen LogP contribution in [0.2, 0.25) is 0 Å². The average Bonchev–Trinajstić information content (AvgIpc) is 3.20. The van der Waals surface area contributed by atoms with Crippen LogP contribution in [0.15, 0.2) is 48.5 Å². The number of aromatic nitrogens is 1. The number of fused-ring (bicyclic) bond motifs is 1. The van der Waals surface area contributed by atoms with E-state index in [9.17, 15) is 9.59 Å². The number of benzene rings is 2. The summed E-state index contributed by atoms with van der Waals surface area (Å²) in [6, 6.07) is 15.3. The zero-order valence-electron chi connectivity index (χ0n) is 16.7. The summed E-state index contributed by atoms with van der Waals surface area (Å²) in [7, 11) is 0. The second-order valence-electron chi connectivity index (χ2n) is 7.38. The number of anilines is 1. The van der Waals surface area contributed by atoms with E-state index in [0.29, 0.717) is 10.7 Å². The summed E-state index contributed by atoms with van der Waals surface area (Å²) < 4.78 is 1.05. The maximum Gasteiger partial charge on any atom is 0.269 e. The van der Waals surface area contributed by atoms with Gasteiger partial charge in [0.1, 0.15) is 0 Å². The van der Waals surface area contributed by atoms with Gasteiger partial charge in [-0.25, -0.2) is 4.98 Å². The molecule has 156 valence electrons. The number of hydrazine groups is 1. The monoisotopic (exact) mass is 423 g/mol. The number of carbonyl (C=O) groups is 2. The van der Waals surface area contributed by atoms with Crippen molar-refractivity contribution in [2.45, 2.75) is 25.8 Å². The molecule has 2 aromatic carbocycles. The topological polar surface area (TPSA) is 86.4 Å². The molecule has 3 aromatic rings. The molecular formula is C22H25N5O2S. The van der Waals surface area contributed by atoms with Crippen molar-refractivity contribution in [3.8, 4) is 0 Å².